The summed E-state index contributed by atoms with van der Waals surface area (Å²) in [6, 6.07) is 8.65. The standard InChI is InChI=1S/C18H15Cl2N3O3S/c19-14-16-12(27-17(14)20)6-11(21-16)18(26)22-10-5-8-3-1-2-4-9(8)15(10)23-13(25)7-24/h1-4,6,10,15,21,24H,5,7H2,(H,22,26)(H,23,25)/t10-,15-/m1/s1. The van der Waals surface area contributed by atoms with Gasteiger partial charge in [-0.05, 0) is 23.6 Å². The minimum Gasteiger partial charge on any atom is -0.387 e. The number of aromatic nitrogens is 1. The van der Waals surface area contributed by atoms with Crippen LogP contribution in [0, 0.1) is 0 Å². The molecule has 0 spiro atoms. The van der Waals surface area contributed by atoms with Gasteiger partial charge >= 0.3 is 0 Å². The third kappa shape index (κ3) is 3.32. The van der Waals surface area contributed by atoms with E-state index >= 15 is 0 Å². The number of carbonyl (C=O) groups excluding carboxylic acids is 2. The lowest BCUT2D eigenvalue weighted by Gasteiger charge is -2.22. The SMILES string of the molecule is O=C(CO)N[C@@H]1c2ccccc2C[C@H]1NC(=O)c1cc2sc(Cl)c(Cl)c2[nH]1. The molecule has 27 heavy (non-hydrogen) atoms. The molecule has 1 aromatic carbocycles. The largest absolute Gasteiger partial charge is 0.387 e. The third-order valence-corrected chi connectivity index (χ3v) is 6.56. The second kappa shape index (κ2) is 7.16. The Labute approximate surface area is 168 Å². The van der Waals surface area contributed by atoms with Gasteiger partial charge in [0.2, 0.25) is 5.91 Å². The first-order valence-electron chi connectivity index (χ1n) is 8.23. The van der Waals surface area contributed by atoms with Gasteiger partial charge in [0.1, 0.15) is 16.6 Å². The molecule has 6 nitrogen and oxygen atoms in total. The van der Waals surface area contributed by atoms with Crippen molar-refractivity contribution in [2.24, 2.45) is 0 Å². The predicted molar refractivity (Wildman–Crippen MR) is 106 cm³/mol. The molecule has 140 valence electrons. The summed E-state index contributed by atoms with van der Waals surface area (Å²) >= 11 is 13.4. The molecule has 0 fully saturated rings. The number of thiophene rings is 1. The summed E-state index contributed by atoms with van der Waals surface area (Å²) in [5.74, 6) is -0.788. The molecule has 9 heteroatoms. The Morgan fingerprint density at radius 1 is 1.26 bits per heavy atom. The van der Waals surface area contributed by atoms with E-state index in [4.69, 9.17) is 28.3 Å². The van der Waals surface area contributed by atoms with Gasteiger partial charge in [-0.15, -0.1) is 11.3 Å². The number of aliphatic hydroxyl groups excluding tert-OH is 1. The van der Waals surface area contributed by atoms with Crippen LogP contribution in [0.4, 0.5) is 0 Å². The van der Waals surface area contributed by atoms with E-state index in [2.05, 4.69) is 15.6 Å². The molecule has 2 amide bonds. The van der Waals surface area contributed by atoms with Crippen LogP contribution in [0.15, 0.2) is 30.3 Å². The van der Waals surface area contributed by atoms with E-state index in [0.29, 0.717) is 27.0 Å². The number of carbonyl (C=O) groups is 2. The second-order valence-electron chi connectivity index (χ2n) is 6.30. The van der Waals surface area contributed by atoms with Gasteiger partial charge in [-0.25, -0.2) is 0 Å². The summed E-state index contributed by atoms with van der Waals surface area (Å²) in [6.45, 7) is -0.606. The van der Waals surface area contributed by atoms with Crippen molar-refractivity contribution in [2.45, 2.75) is 18.5 Å². The molecule has 2 aromatic heterocycles. The van der Waals surface area contributed by atoms with Crippen LogP contribution in [0.5, 0.6) is 0 Å². The van der Waals surface area contributed by atoms with Crippen molar-refractivity contribution in [3.63, 3.8) is 0 Å². The zero-order chi connectivity index (χ0) is 19.1. The minimum atomic E-state index is -0.606. The van der Waals surface area contributed by atoms with Gasteiger partial charge in [-0.3, -0.25) is 9.59 Å². The highest BCUT2D eigenvalue weighted by molar-refractivity contribution is 7.23. The fourth-order valence-electron chi connectivity index (χ4n) is 3.41. The Morgan fingerprint density at radius 3 is 2.78 bits per heavy atom. The highest BCUT2D eigenvalue weighted by Crippen LogP contribution is 2.39. The number of hydrogen-bond acceptors (Lipinski definition) is 4. The lowest BCUT2D eigenvalue weighted by Crippen LogP contribution is -2.45. The molecule has 0 saturated heterocycles. The Bertz CT molecular complexity index is 1050. The third-order valence-electron chi connectivity index (χ3n) is 4.63. The molecule has 2 heterocycles. The van der Waals surface area contributed by atoms with Crippen LogP contribution < -0.4 is 10.6 Å². The van der Waals surface area contributed by atoms with Gasteiger partial charge in [0.05, 0.1) is 27.3 Å². The summed E-state index contributed by atoms with van der Waals surface area (Å²) in [6.07, 6.45) is 0.583. The summed E-state index contributed by atoms with van der Waals surface area (Å²) in [7, 11) is 0. The van der Waals surface area contributed by atoms with E-state index < -0.39 is 18.6 Å². The molecule has 0 bridgehead atoms. The average Bonchev–Trinajstić information content (AvgIpc) is 3.29. The van der Waals surface area contributed by atoms with Crippen molar-refractivity contribution in [1.29, 1.82) is 0 Å². The van der Waals surface area contributed by atoms with Crippen molar-refractivity contribution in [3.05, 3.63) is 56.5 Å². The van der Waals surface area contributed by atoms with Crippen LogP contribution in [-0.2, 0) is 11.2 Å². The van der Waals surface area contributed by atoms with E-state index in [0.717, 1.165) is 15.8 Å². The molecular formula is C18H15Cl2N3O3S. The van der Waals surface area contributed by atoms with Crippen LogP contribution in [0.2, 0.25) is 9.36 Å². The van der Waals surface area contributed by atoms with E-state index in [1.807, 2.05) is 24.3 Å². The zero-order valence-electron chi connectivity index (χ0n) is 13.9. The molecule has 0 aliphatic heterocycles. The Balaban J connectivity index is 1.57. The molecule has 0 saturated carbocycles. The minimum absolute atomic E-state index is 0.299. The molecule has 0 radical (unpaired) electrons. The number of hydrogen-bond donors (Lipinski definition) is 4. The Hall–Kier alpha value is -2.06. The maximum atomic E-state index is 12.7. The number of aliphatic hydroxyl groups is 1. The van der Waals surface area contributed by atoms with E-state index in [1.165, 1.54) is 11.3 Å². The highest BCUT2D eigenvalue weighted by Gasteiger charge is 2.34. The number of halogens is 2. The van der Waals surface area contributed by atoms with Crippen molar-refractivity contribution in [2.75, 3.05) is 6.61 Å². The lowest BCUT2D eigenvalue weighted by atomic mass is 10.1. The molecule has 1 aliphatic rings. The van der Waals surface area contributed by atoms with Crippen molar-refractivity contribution < 1.29 is 14.7 Å². The summed E-state index contributed by atoms with van der Waals surface area (Å²) < 4.78 is 1.28. The van der Waals surface area contributed by atoms with E-state index in [-0.39, 0.29) is 11.9 Å². The molecular weight excluding hydrogens is 409 g/mol. The van der Waals surface area contributed by atoms with Crippen LogP contribution in [0.25, 0.3) is 10.2 Å². The average molecular weight is 424 g/mol. The van der Waals surface area contributed by atoms with Crippen LogP contribution in [0.1, 0.15) is 27.7 Å². The van der Waals surface area contributed by atoms with Crippen molar-refractivity contribution in [1.82, 2.24) is 15.6 Å². The fraction of sp³-hybridized carbons (Fsp3) is 0.222. The molecule has 0 unspecified atom stereocenters. The summed E-state index contributed by atoms with van der Waals surface area (Å²) in [4.78, 5) is 27.5. The van der Waals surface area contributed by atoms with Gasteiger partial charge in [0.15, 0.2) is 0 Å². The first-order valence-corrected chi connectivity index (χ1v) is 9.80. The summed E-state index contributed by atoms with van der Waals surface area (Å²) in [5.41, 5.74) is 3.00. The van der Waals surface area contributed by atoms with Gasteiger partial charge in [-0.1, -0.05) is 47.5 Å². The molecule has 2 atom stereocenters. The van der Waals surface area contributed by atoms with Crippen molar-refractivity contribution in [3.8, 4) is 0 Å². The van der Waals surface area contributed by atoms with Gasteiger partial charge in [0, 0.05) is 0 Å². The smallest absolute Gasteiger partial charge is 0.268 e. The number of amides is 2. The second-order valence-corrected chi connectivity index (χ2v) is 8.33. The lowest BCUT2D eigenvalue weighted by molar-refractivity contribution is -0.124. The van der Waals surface area contributed by atoms with Crippen LogP contribution in [0.3, 0.4) is 0 Å². The van der Waals surface area contributed by atoms with Gasteiger partial charge in [0.25, 0.3) is 5.91 Å². The van der Waals surface area contributed by atoms with Crippen molar-refractivity contribution >= 4 is 56.6 Å². The number of aromatic amines is 1. The number of fused-ring (bicyclic) bond motifs is 2. The first kappa shape index (κ1) is 18.3. The Morgan fingerprint density at radius 2 is 2.04 bits per heavy atom. The summed E-state index contributed by atoms with van der Waals surface area (Å²) in [5, 5.41) is 15.2. The fourth-order valence-corrected chi connectivity index (χ4v) is 4.90. The monoisotopic (exact) mass is 423 g/mol. The van der Waals surface area contributed by atoms with Gasteiger partial charge in [-0.2, -0.15) is 0 Å². The predicted octanol–water partition coefficient (Wildman–Crippen LogP) is 3.04. The van der Waals surface area contributed by atoms with Crippen LogP contribution in [-0.4, -0.2) is 34.6 Å². The Kier molecular flexibility index (Phi) is 4.86. The first-order chi connectivity index (χ1) is 13.0. The number of nitrogens with one attached hydrogen (secondary N) is 3. The maximum Gasteiger partial charge on any atom is 0.268 e. The topological polar surface area (TPSA) is 94.2 Å². The molecule has 4 rings (SSSR count). The molecule has 4 N–H and O–H groups in total. The van der Waals surface area contributed by atoms with E-state index in [1.54, 1.807) is 6.07 Å². The normalized spacial score (nSPS) is 18.5. The molecule has 1 aliphatic carbocycles. The highest BCUT2D eigenvalue weighted by atomic mass is 35.5. The molecule has 3 aromatic rings. The number of H-pyrrole nitrogens is 1. The number of benzene rings is 1. The quantitative estimate of drug-likeness (QED) is 0.519. The van der Waals surface area contributed by atoms with Crippen LogP contribution >= 0.6 is 34.5 Å². The van der Waals surface area contributed by atoms with Gasteiger partial charge < -0.3 is 20.7 Å². The van der Waals surface area contributed by atoms with E-state index in [9.17, 15) is 9.59 Å². The maximum absolute atomic E-state index is 12.7. The zero-order valence-corrected chi connectivity index (χ0v) is 16.2. The number of rotatable bonds is 4.